The van der Waals surface area contributed by atoms with Gasteiger partial charge in [0.2, 0.25) is 0 Å². The Bertz CT molecular complexity index is 495. The highest BCUT2D eigenvalue weighted by Crippen LogP contribution is 2.19. The lowest BCUT2D eigenvalue weighted by Gasteiger charge is -2.03. The molecule has 1 N–H and O–H groups in total. The topological polar surface area (TPSA) is 29.3 Å². The third kappa shape index (κ3) is 2.58. The fourth-order valence-corrected chi connectivity index (χ4v) is 3.01. The quantitative estimate of drug-likeness (QED) is 0.650. The summed E-state index contributed by atoms with van der Waals surface area (Å²) in [4.78, 5) is 5.63. The molecule has 3 rings (SSSR count). The van der Waals surface area contributed by atoms with Crippen molar-refractivity contribution < 1.29 is 0 Å². The molecule has 2 aromatic heterocycles. The van der Waals surface area contributed by atoms with Gasteiger partial charge in [-0.05, 0) is 32.2 Å². The highest BCUT2D eigenvalue weighted by Gasteiger charge is 2.04. The number of nitrogens with zero attached hydrogens (tertiary/aromatic N) is 2. The third-order valence-electron chi connectivity index (χ3n) is 3.21. The van der Waals surface area contributed by atoms with E-state index in [2.05, 4.69) is 38.6 Å². The number of thiazole rings is 1. The number of hydrogen-bond donors (Lipinski definition) is 1. The van der Waals surface area contributed by atoms with Gasteiger partial charge in [0.05, 0.1) is 5.69 Å². The molecule has 0 atom stereocenters. The summed E-state index contributed by atoms with van der Waals surface area (Å²) in [6.45, 7) is 1.94. The van der Waals surface area contributed by atoms with Crippen molar-refractivity contribution in [1.82, 2.24) is 14.7 Å². The van der Waals surface area contributed by atoms with Crippen molar-refractivity contribution in [2.24, 2.45) is 0 Å². The summed E-state index contributed by atoms with van der Waals surface area (Å²) in [6.07, 6.45) is 11.7. The first-order chi connectivity index (χ1) is 8.42. The highest BCUT2D eigenvalue weighted by molar-refractivity contribution is 7.15. The molecule has 0 fully saturated rings. The average molecular weight is 247 g/mol. The van der Waals surface area contributed by atoms with Crippen LogP contribution in [0.15, 0.2) is 29.4 Å². The number of rotatable bonds is 5. The summed E-state index contributed by atoms with van der Waals surface area (Å²) in [7, 11) is 0. The van der Waals surface area contributed by atoms with E-state index in [4.69, 9.17) is 0 Å². The number of nitrogens with one attached hydrogen (secondary N) is 1. The molecule has 0 amide bonds. The van der Waals surface area contributed by atoms with E-state index in [1.165, 1.54) is 25.7 Å². The lowest BCUT2D eigenvalue weighted by Crippen LogP contribution is -2.15. The lowest BCUT2D eigenvalue weighted by molar-refractivity contribution is 0.667. The Morgan fingerprint density at radius 3 is 3.29 bits per heavy atom. The SMILES string of the molecule is C1=C(CCNCc2cn3ccsc3n2)CCC1. The molecule has 0 radical (unpaired) electrons. The molecule has 1 aliphatic rings. The molecule has 0 aromatic carbocycles. The predicted octanol–water partition coefficient (Wildman–Crippen LogP) is 2.99. The second-order valence-electron chi connectivity index (χ2n) is 4.51. The minimum Gasteiger partial charge on any atom is -0.311 e. The molecule has 1 aliphatic carbocycles. The van der Waals surface area contributed by atoms with Crippen molar-refractivity contribution in [3.8, 4) is 0 Å². The van der Waals surface area contributed by atoms with E-state index in [0.29, 0.717) is 0 Å². The molecule has 4 heteroatoms. The van der Waals surface area contributed by atoms with Crippen LogP contribution in [0.1, 0.15) is 31.4 Å². The zero-order valence-electron chi connectivity index (χ0n) is 9.85. The third-order valence-corrected chi connectivity index (χ3v) is 3.98. The Kier molecular flexibility index (Phi) is 3.25. The van der Waals surface area contributed by atoms with Crippen LogP contribution >= 0.6 is 11.3 Å². The second-order valence-corrected chi connectivity index (χ2v) is 5.38. The summed E-state index contributed by atoms with van der Waals surface area (Å²) in [5.74, 6) is 0. The van der Waals surface area contributed by atoms with Gasteiger partial charge < -0.3 is 5.32 Å². The van der Waals surface area contributed by atoms with E-state index in [1.807, 2.05) is 0 Å². The predicted molar refractivity (Wildman–Crippen MR) is 71.3 cm³/mol. The van der Waals surface area contributed by atoms with Gasteiger partial charge in [0.15, 0.2) is 4.96 Å². The summed E-state index contributed by atoms with van der Waals surface area (Å²) < 4.78 is 2.08. The zero-order valence-corrected chi connectivity index (χ0v) is 10.7. The molecule has 3 nitrogen and oxygen atoms in total. The van der Waals surface area contributed by atoms with Crippen molar-refractivity contribution in [1.29, 1.82) is 0 Å². The minimum atomic E-state index is 0.877. The van der Waals surface area contributed by atoms with Crippen LogP contribution in [0, 0.1) is 0 Å². The maximum Gasteiger partial charge on any atom is 0.193 e. The van der Waals surface area contributed by atoms with Crippen LogP contribution in [0.25, 0.3) is 4.96 Å². The summed E-state index contributed by atoms with van der Waals surface area (Å²) in [5.41, 5.74) is 2.76. The fourth-order valence-electron chi connectivity index (χ4n) is 2.29. The van der Waals surface area contributed by atoms with Crippen molar-refractivity contribution in [2.75, 3.05) is 6.54 Å². The van der Waals surface area contributed by atoms with Gasteiger partial charge >= 0.3 is 0 Å². The highest BCUT2D eigenvalue weighted by atomic mass is 32.1. The number of hydrogen-bond acceptors (Lipinski definition) is 3. The van der Waals surface area contributed by atoms with Crippen LogP contribution in [0.3, 0.4) is 0 Å². The molecule has 0 spiro atoms. The molecule has 90 valence electrons. The maximum absolute atomic E-state index is 4.55. The molecule has 2 aromatic rings. The monoisotopic (exact) mass is 247 g/mol. The number of imidazole rings is 1. The Balaban J connectivity index is 1.46. The number of fused-ring (bicyclic) bond motifs is 1. The number of allylic oxidation sites excluding steroid dienone is 1. The standard InChI is InChI=1S/C13H17N3S/c1-2-4-11(3-1)5-6-14-9-12-10-16-7-8-17-13(16)15-12/h3,7-8,10,14H,1-2,4-6,9H2. The first-order valence-corrected chi connectivity index (χ1v) is 7.09. The van der Waals surface area contributed by atoms with Crippen molar-refractivity contribution >= 4 is 16.3 Å². The minimum absolute atomic E-state index is 0.877. The zero-order chi connectivity index (χ0) is 11.5. The molecule has 0 saturated heterocycles. The molecule has 0 saturated carbocycles. The Morgan fingerprint density at radius 1 is 1.47 bits per heavy atom. The van der Waals surface area contributed by atoms with E-state index in [1.54, 1.807) is 16.9 Å². The van der Waals surface area contributed by atoms with Gasteiger partial charge in [-0.1, -0.05) is 11.6 Å². The van der Waals surface area contributed by atoms with E-state index < -0.39 is 0 Å². The van der Waals surface area contributed by atoms with E-state index in [9.17, 15) is 0 Å². The number of aromatic nitrogens is 2. The van der Waals surface area contributed by atoms with Crippen LogP contribution in [0.5, 0.6) is 0 Å². The fraction of sp³-hybridized carbons (Fsp3) is 0.462. The molecule has 2 heterocycles. The van der Waals surface area contributed by atoms with E-state index >= 15 is 0 Å². The smallest absolute Gasteiger partial charge is 0.193 e. The normalized spacial score (nSPS) is 15.6. The first-order valence-electron chi connectivity index (χ1n) is 6.21. The van der Waals surface area contributed by atoms with Gasteiger partial charge in [0.1, 0.15) is 0 Å². The van der Waals surface area contributed by atoms with Gasteiger partial charge in [-0.2, -0.15) is 0 Å². The van der Waals surface area contributed by atoms with Gasteiger partial charge in [-0.15, -0.1) is 11.3 Å². The molecule has 0 aliphatic heterocycles. The van der Waals surface area contributed by atoms with Gasteiger partial charge in [-0.25, -0.2) is 4.98 Å². The second kappa shape index (κ2) is 5.02. The van der Waals surface area contributed by atoms with E-state index in [-0.39, 0.29) is 0 Å². The van der Waals surface area contributed by atoms with Gasteiger partial charge in [-0.3, -0.25) is 4.40 Å². The van der Waals surface area contributed by atoms with Crippen LogP contribution in [0.4, 0.5) is 0 Å². The molecular formula is C13H17N3S. The Morgan fingerprint density at radius 2 is 2.47 bits per heavy atom. The Hall–Kier alpha value is -1.13. The first kappa shape index (κ1) is 11.0. The van der Waals surface area contributed by atoms with Crippen molar-refractivity contribution in [3.63, 3.8) is 0 Å². The molecular weight excluding hydrogens is 230 g/mol. The maximum atomic E-state index is 4.55. The van der Waals surface area contributed by atoms with Crippen molar-refractivity contribution in [2.45, 2.75) is 32.2 Å². The van der Waals surface area contributed by atoms with Crippen LogP contribution < -0.4 is 5.32 Å². The summed E-state index contributed by atoms with van der Waals surface area (Å²) in [5, 5.41) is 5.53. The molecule has 0 unspecified atom stereocenters. The largest absolute Gasteiger partial charge is 0.311 e. The lowest BCUT2D eigenvalue weighted by atomic mass is 10.2. The van der Waals surface area contributed by atoms with Crippen molar-refractivity contribution in [3.05, 3.63) is 35.1 Å². The van der Waals surface area contributed by atoms with Crippen LogP contribution in [-0.4, -0.2) is 15.9 Å². The van der Waals surface area contributed by atoms with E-state index in [0.717, 1.165) is 23.7 Å². The van der Waals surface area contributed by atoms with Gasteiger partial charge in [0, 0.05) is 24.3 Å². The van der Waals surface area contributed by atoms with Crippen LogP contribution in [0.2, 0.25) is 0 Å². The molecule has 17 heavy (non-hydrogen) atoms. The Labute approximate surface area is 105 Å². The molecule has 0 bridgehead atoms. The average Bonchev–Trinajstić information content (AvgIpc) is 3.00. The summed E-state index contributed by atoms with van der Waals surface area (Å²) >= 11 is 1.68. The van der Waals surface area contributed by atoms with Crippen LogP contribution in [-0.2, 0) is 6.54 Å². The summed E-state index contributed by atoms with van der Waals surface area (Å²) in [6, 6.07) is 0. The van der Waals surface area contributed by atoms with Gasteiger partial charge in [0.25, 0.3) is 0 Å².